The molecule has 28 heavy (non-hydrogen) atoms. The molecule has 7 nitrogen and oxygen atoms in total. The minimum atomic E-state index is -0.935. The molecule has 1 amide bonds. The standard InChI is InChI=1S/C21H22N2O5/c1-14-5-4-8-18(23(27)28)19(14)20(24)22-11-9-15(10-12-22)13-16-6-2-3-7-17(16)21(25)26/h2-8,15H,9-13H2,1H3,(H,25,26). The van der Waals surface area contributed by atoms with E-state index in [2.05, 4.69) is 0 Å². The van der Waals surface area contributed by atoms with Crippen molar-refractivity contribution in [3.05, 3.63) is 74.8 Å². The van der Waals surface area contributed by atoms with Crippen LogP contribution in [0.25, 0.3) is 0 Å². The molecular formula is C21H22N2O5. The summed E-state index contributed by atoms with van der Waals surface area (Å²) in [6.07, 6.45) is 2.12. The van der Waals surface area contributed by atoms with E-state index >= 15 is 0 Å². The number of aromatic carboxylic acids is 1. The van der Waals surface area contributed by atoms with Crippen LogP contribution in [-0.2, 0) is 6.42 Å². The number of aryl methyl sites for hydroxylation is 1. The maximum Gasteiger partial charge on any atom is 0.335 e. The van der Waals surface area contributed by atoms with Gasteiger partial charge in [0.25, 0.3) is 11.6 Å². The molecule has 1 aliphatic heterocycles. The molecule has 7 heteroatoms. The number of nitro benzene ring substituents is 1. The second kappa shape index (κ2) is 8.21. The molecule has 0 aromatic heterocycles. The molecule has 0 radical (unpaired) electrons. The second-order valence-electron chi connectivity index (χ2n) is 7.13. The summed E-state index contributed by atoms with van der Waals surface area (Å²) in [5.74, 6) is -0.972. The minimum absolute atomic E-state index is 0.155. The highest BCUT2D eigenvalue weighted by Crippen LogP contribution is 2.28. The van der Waals surface area contributed by atoms with Crippen molar-refractivity contribution in [2.75, 3.05) is 13.1 Å². The average Bonchev–Trinajstić information content (AvgIpc) is 2.68. The molecule has 3 rings (SSSR count). The van der Waals surface area contributed by atoms with Crippen molar-refractivity contribution >= 4 is 17.6 Å². The summed E-state index contributed by atoms with van der Waals surface area (Å²) < 4.78 is 0. The number of carboxylic acid groups (broad SMARTS) is 1. The van der Waals surface area contributed by atoms with E-state index in [1.54, 1.807) is 36.1 Å². The van der Waals surface area contributed by atoms with Crippen LogP contribution in [0.1, 0.15) is 44.7 Å². The molecule has 1 heterocycles. The number of carbonyl (C=O) groups is 2. The molecule has 0 bridgehead atoms. The normalized spacial score (nSPS) is 14.7. The van der Waals surface area contributed by atoms with Crippen LogP contribution in [-0.4, -0.2) is 39.9 Å². The van der Waals surface area contributed by atoms with Gasteiger partial charge in [0.1, 0.15) is 5.56 Å². The van der Waals surface area contributed by atoms with E-state index in [0.29, 0.717) is 30.6 Å². The Bertz CT molecular complexity index is 917. The number of rotatable bonds is 5. The van der Waals surface area contributed by atoms with Crippen LogP contribution in [0.5, 0.6) is 0 Å². The van der Waals surface area contributed by atoms with Crippen LogP contribution < -0.4 is 0 Å². The molecule has 0 saturated carbocycles. The molecule has 1 N–H and O–H groups in total. The van der Waals surface area contributed by atoms with E-state index in [9.17, 15) is 24.8 Å². The Morgan fingerprint density at radius 3 is 2.46 bits per heavy atom. The van der Waals surface area contributed by atoms with Gasteiger partial charge < -0.3 is 10.0 Å². The predicted molar refractivity (Wildman–Crippen MR) is 104 cm³/mol. The number of carbonyl (C=O) groups excluding carboxylic acids is 1. The van der Waals surface area contributed by atoms with E-state index in [0.717, 1.165) is 18.4 Å². The number of hydrogen-bond donors (Lipinski definition) is 1. The van der Waals surface area contributed by atoms with E-state index in [1.165, 1.54) is 6.07 Å². The van der Waals surface area contributed by atoms with E-state index < -0.39 is 10.9 Å². The lowest BCUT2D eigenvalue weighted by molar-refractivity contribution is -0.385. The Hall–Kier alpha value is -3.22. The number of hydrogen-bond acceptors (Lipinski definition) is 4. The zero-order valence-electron chi connectivity index (χ0n) is 15.6. The molecule has 1 saturated heterocycles. The van der Waals surface area contributed by atoms with E-state index in [4.69, 9.17) is 0 Å². The molecule has 1 fully saturated rings. The smallest absolute Gasteiger partial charge is 0.335 e. The Balaban J connectivity index is 1.69. The van der Waals surface area contributed by atoms with Crippen LogP contribution >= 0.6 is 0 Å². The second-order valence-corrected chi connectivity index (χ2v) is 7.13. The summed E-state index contributed by atoms with van der Waals surface area (Å²) in [5.41, 5.74) is 1.70. The number of amides is 1. The summed E-state index contributed by atoms with van der Waals surface area (Å²) in [5, 5.41) is 20.6. The third kappa shape index (κ3) is 4.03. The van der Waals surface area contributed by atoms with Crippen molar-refractivity contribution in [2.45, 2.75) is 26.2 Å². The SMILES string of the molecule is Cc1cccc([N+](=O)[O-])c1C(=O)N1CCC(Cc2ccccc2C(=O)O)CC1. The first-order chi connectivity index (χ1) is 13.4. The van der Waals surface area contributed by atoms with E-state index in [1.807, 2.05) is 12.1 Å². The summed E-state index contributed by atoms with van der Waals surface area (Å²) >= 11 is 0. The van der Waals surface area contributed by atoms with Gasteiger partial charge in [-0.1, -0.05) is 30.3 Å². The molecule has 0 aliphatic carbocycles. The van der Waals surface area contributed by atoms with Gasteiger partial charge in [-0.2, -0.15) is 0 Å². The molecule has 2 aromatic rings. The predicted octanol–water partition coefficient (Wildman–Crippen LogP) is 3.70. The van der Waals surface area contributed by atoms with Crippen molar-refractivity contribution in [1.29, 1.82) is 0 Å². The number of likely N-dealkylation sites (tertiary alicyclic amines) is 1. The number of piperidine rings is 1. The van der Waals surface area contributed by atoms with Gasteiger partial charge >= 0.3 is 5.97 Å². The lowest BCUT2D eigenvalue weighted by Crippen LogP contribution is -2.39. The number of nitro groups is 1. The first kappa shape index (κ1) is 19.5. The Morgan fingerprint density at radius 2 is 1.82 bits per heavy atom. The Kier molecular flexibility index (Phi) is 5.73. The Labute approximate surface area is 162 Å². The van der Waals surface area contributed by atoms with Crippen molar-refractivity contribution in [3.63, 3.8) is 0 Å². The van der Waals surface area contributed by atoms with E-state index in [-0.39, 0.29) is 23.1 Å². The maximum atomic E-state index is 12.9. The molecule has 146 valence electrons. The van der Waals surface area contributed by atoms with Gasteiger partial charge in [-0.3, -0.25) is 14.9 Å². The fourth-order valence-electron chi connectivity index (χ4n) is 3.80. The maximum absolute atomic E-state index is 12.9. The number of nitrogens with zero attached hydrogens (tertiary/aromatic N) is 2. The molecule has 0 unspecified atom stereocenters. The van der Waals surface area contributed by atoms with Crippen molar-refractivity contribution < 1.29 is 19.6 Å². The minimum Gasteiger partial charge on any atom is -0.478 e. The zero-order chi connectivity index (χ0) is 20.3. The van der Waals surface area contributed by atoms with Crippen LogP contribution in [0.15, 0.2) is 42.5 Å². The molecule has 2 aromatic carbocycles. The average molecular weight is 382 g/mol. The monoisotopic (exact) mass is 382 g/mol. The lowest BCUT2D eigenvalue weighted by atomic mass is 9.88. The van der Waals surface area contributed by atoms with Crippen molar-refractivity contribution in [1.82, 2.24) is 4.90 Å². The van der Waals surface area contributed by atoms with Crippen LogP contribution in [0.3, 0.4) is 0 Å². The summed E-state index contributed by atoms with van der Waals surface area (Å²) in [6, 6.07) is 11.6. The highest BCUT2D eigenvalue weighted by molar-refractivity contribution is 5.99. The molecular weight excluding hydrogens is 360 g/mol. The van der Waals surface area contributed by atoms with Crippen molar-refractivity contribution in [3.8, 4) is 0 Å². The molecule has 1 aliphatic rings. The van der Waals surface area contributed by atoms with Gasteiger partial charge in [-0.05, 0) is 49.3 Å². The fourth-order valence-corrected chi connectivity index (χ4v) is 3.80. The van der Waals surface area contributed by atoms with Gasteiger partial charge in [0.15, 0.2) is 0 Å². The van der Waals surface area contributed by atoms with Gasteiger partial charge in [-0.25, -0.2) is 4.79 Å². The molecule has 0 spiro atoms. The third-order valence-corrected chi connectivity index (χ3v) is 5.32. The fraction of sp³-hybridized carbons (Fsp3) is 0.333. The third-order valence-electron chi connectivity index (χ3n) is 5.32. The topological polar surface area (TPSA) is 101 Å². The largest absolute Gasteiger partial charge is 0.478 e. The van der Waals surface area contributed by atoms with Gasteiger partial charge in [-0.15, -0.1) is 0 Å². The zero-order valence-corrected chi connectivity index (χ0v) is 15.6. The van der Waals surface area contributed by atoms with Crippen molar-refractivity contribution in [2.24, 2.45) is 5.92 Å². The van der Waals surface area contributed by atoms with Gasteiger partial charge in [0.05, 0.1) is 10.5 Å². The number of carboxylic acids is 1. The molecule has 0 atom stereocenters. The van der Waals surface area contributed by atoms with Crippen LogP contribution in [0.2, 0.25) is 0 Å². The highest BCUT2D eigenvalue weighted by Gasteiger charge is 2.29. The van der Waals surface area contributed by atoms with Gasteiger partial charge in [0, 0.05) is 19.2 Å². The first-order valence-electron chi connectivity index (χ1n) is 9.23. The van der Waals surface area contributed by atoms with Gasteiger partial charge in [0.2, 0.25) is 0 Å². The summed E-state index contributed by atoms with van der Waals surface area (Å²) in [7, 11) is 0. The van der Waals surface area contributed by atoms with Crippen LogP contribution in [0.4, 0.5) is 5.69 Å². The van der Waals surface area contributed by atoms with Crippen LogP contribution in [0, 0.1) is 23.0 Å². The Morgan fingerprint density at radius 1 is 1.14 bits per heavy atom. The lowest BCUT2D eigenvalue weighted by Gasteiger charge is -2.32. The summed E-state index contributed by atoms with van der Waals surface area (Å²) in [6.45, 7) is 2.71. The summed E-state index contributed by atoms with van der Waals surface area (Å²) in [4.78, 5) is 36.7. The highest BCUT2D eigenvalue weighted by atomic mass is 16.6. The number of benzene rings is 2. The first-order valence-corrected chi connectivity index (χ1v) is 9.23. The quantitative estimate of drug-likeness (QED) is 0.628.